The van der Waals surface area contributed by atoms with Crippen LogP contribution in [0.1, 0.15) is 18.2 Å². The van der Waals surface area contributed by atoms with Crippen molar-refractivity contribution in [2.75, 3.05) is 17.2 Å². The maximum atomic E-state index is 5.74. The molecule has 108 valence electrons. The molecule has 5 nitrogen and oxygen atoms in total. The van der Waals surface area contributed by atoms with Crippen LogP contribution in [0, 0.1) is 6.92 Å². The summed E-state index contributed by atoms with van der Waals surface area (Å²) in [5.41, 5.74) is 9.77. The normalized spacial score (nSPS) is 11.0. The molecule has 0 fully saturated rings. The van der Waals surface area contributed by atoms with E-state index in [-0.39, 0.29) is 0 Å². The average molecular weight is 281 g/mol. The number of hydrogen-bond donors (Lipinski definition) is 1. The molecule has 0 radical (unpaired) electrons. The molecule has 0 saturated carbocycles. The number of nitrogens with two attached hydrogens (primary N) is 1. The number of anilines is 2. The highest BCUT2D eigenvalue weighted by molar-refractivity contribution is 5.69. The summed E-state index contributed by atoms with van der Waals surface area (Å²) < 4.78 is 1.88. The second-order valence-electron chi connectivity index (χ2n) is 5.12. The van der Waals surface area contributed by atoms with Crippen LogP contribution in [0.3, 0.4) is 0 Å². The van der Waals surface area contributed by atoms with E-state index in [4.69, 9.17) is 5.73 Å². The van der Waals surface area contributed by atoms with Crippen molar-refractivity contribution in [2.24, 2.45) is 0 Å². The summed E-state index contributed by atoms with van der Waals surface area (Å²) in [7, 11) is 0. The minimum absolute atomic E-state index is 0.786. The zero-order chi connectivity index (χ0) is 14.8. The SMILES string of the molecule is CCN(Cc1ccc(N)cc1)c1nccn2nc(C)cc12. The first kappa shape index (κ1) is 13.4. The van der Waals surface area contributed by atoms with Crippen LogP contribution in [0.25, 0.3) is 5.52 Å². The zero-order valence-corrected chi connectivity index (χ0v) is 12.3. The summed E-state index contributed by atoms with van der Waals surface area (Å²) >= 11 is 0. The van der Waals surface area contributed by atoms with Gasteiger partial charge in [0.05, 0.1) is 5.69 Å². The molecule has 2 aromatic heterocycles. The first-order chi connectivity index (χ1) is 10.2. The zero-order valence-electron chi connectivity index (χ0n) is 12.3. The lowest BCUT2D eigenvalue weighted by atomic mass is 10.2. The molecule has 0 spiro atoms. The molecule has 0 aliphatic heterocycles. The molecule has 2 N–H and O–H groups in total. The van der Waals surface area contributed by atoms with E-state index in [1.807, 2.05) is 29.8 Å². The van der Waals surface area contributed by atoms with Crippen molar-refractivity contribution in [3.8, 4) is 0 Å². The number of benzene rings is 1. The van der Waals surface area contributed by atoms with Gasteiger partial charge in [-0.2, -0.15) is 5.10 Å². The van der Waals surface area contributed by atoms with Crippen molar-refractivity contribution in [1.29, 1.82) is 0 Å². The Morgan fingerprint density at radius 1 is 1.24 bits per heavy atom. The van der Waals surface area contributed by atoms with Crippen molar-refractivity contribution < 1.29 is 0 Å². The third-order valence-corrected chi connectivity index (χ3v) is 3.53. The van der Waals surface area contributed by atoms with Crippen LogP contribution in [-0.4, -0.2) is 21.1 Å². The fourth-order valence-corrected chi connectivity index (χ4v) is 2.45. The predicted octanol–water partition coefficient (Wildman–Crippen LogP) is 2.65. The number of nitrogen functional groups attached to an aromatic ring is 1. The van der Waals surface area contributed by atoms with Crippen molar-refractivity contribution in [3.63, 3.8) is 0 Å². The van der Waals surface area contributed by atoms with Gasteiger partial charge in [-0.25, -0.2) is 9.50 Å². The lowest BCUT2D eigenvalue weighted by molar-refractivity contribution is 0.807. The van der Waals surface area contributed by atoms with Crippen LogP contribution in [0.5, 0.6) is 0 Å². The van der Waals surface area contributed by atoms with E-state index < -0.39 is 0 Å². The van der Waals surface area contributed by atoms with Crippen LogP contribution in [-0.2, 0) is 6.54 Å². The molecule has 0 saturated heterocycles. The number of aryl methyl sites for hydroxylation is 1. The van der Waals surface area contributed by atoms with E-state index in [2.05, 4.69) is 40.1 Å². The Hall–Kier alpha value is -2.56. The minimum Gasteiger partial charge on any atom is -0.399 e. The van der Waals surface area contributed by atoms with Crippen LogP contribution in [0.15, 0.2) is 42.7 Å². The fraction of sp³-hybridized carbons (Fsp3) is 0.250. The molecule has 3 rings (SSSR count). The largest absolute Gasteiger partial charge is 0.399 e. The van der Waals surface area contributed by atoms with Crippen molar-refractivity contribution in [2.45, 2.75) is 20.4 Å². The molecule has 5 heteroatoms. The number of rotatable bonds is 4. The molecule has 2 heterocycles. The van der Waals surface area contributed by atoms with Gasteiger partial charge in [-0.3, -0.25) is 0 Å². The Bertz CT molecular complexity index is 745. The predicted molar refractivity (Wildman–Crippen MR) is 85.3 cm³/mol. The van der Waals surface area contributed by atoms with Crippen LogP contribution < -0.4 is 10.6 Å². The van der Waals surface area contributed by atoms with Crippen molar-refractivity contribution >= 4 is 17.0 Å². The molecule has 3 aromatic rings. The van der Waals surface area contributed by atoms with E-state index in [0.717, 1.165) is 35.8 Å². The second kappa shape index (κ2) is 5.44. The topological polar surface area (TPSA) is 59.5 Å². The maximum Gasteiger partial charge on any atom is 0.154 e. The van der Waals surface area contributed by atoms with Crippen LogP contribution in [0.2, 0.25) is 0 Å². The third kappa shape index (κ3) is 2.67. The van der Waals surface area contributed by atoms with Crippen molar-refractivity contribution in [3.05, 3.63) is 54.0 Å². The Morgan fingerprint density at radius 3 is 2.71 bits per heavy atom. The summed E-state index contributed by atoms with van der Waals surface area (Å²) in [6.07, 6.45) is 3.67. The van der Waals surface area contributed by atoms with Gasteiger partial charge in [-0.15, -0.1) is 0 Å². The van der Waals surface area contributed by atoms with Crippen molar-refractivity contribution in [1.82, 2.24) is 14.6 Å². The van der Waals surface area contributed by atoms with Gasteiger partial charge in [0.25, 0.3) is 0 Å². The number of fused-ring (bicyclic) bond motifs is 1. The highest BCUT2D eigenvalue weighted by Crippen LogP contribution is 2.21. The molecule has 0 amide bonds. The molecule has 0 aliphatic rings. The van der Waals surface area contributed by atoms with Gasteiger partial charge in [0.2, 0.25) is 0 Å². The maximum absolute atomic E-state index is 5.74. The summed E-state index contributed by atoms with van der Waals surface area (Å²) in [6.45, 7) is 5.80. The number of hydrogen-bond acceptors (Lipinski definition) is 4. The molecule has 21 heavy (non-hydrogen) atoms. The lowest BCUT2D eigenvalue weighted by Crippen LogP contribution is -2.23. The molecule has 0 unspecified atom stereocenters. The summed E-state index contributed by atoms with van der Waals surface area (Å²) in [5.74, 6) is 0.956. The van der Waals surface area contributed by atoms with Crippen LogP contribution >= 0.6 is 0 Å². The van der Waals surface area contributed by atoms with Gasteiger partial charge in [-0.05, 0) is 37.6 Å². The quantitative estimate of drug-likeness (QED) is 0.747. The van der Waals surface area contributed by atoms with E-state index in [9.17, 15) is 0 Å². The van der Waals surface area contributed by atoms with Gasteiger partial charge in [0, 0.05) is 31.2 Å². The fourth-order valence-electron chi connectivity index (χ4n) is 2.45. The Balaban J connectivity index is 1.96. The second-order valence-corrected chi connectivity index (χ2v) is 5.12. The Labute approximate surface area is 124 Å². The van der Waals surface area contributed by atoms with E-state index >= 15 is 0 Å². The number of aromatic nitrogens is 3. The lowest BCUT2D eigenvalue weighted by Gasteiger charge is -2.22. The Morgan fingerprint density at radius 2 is 2.00 bits per heavy atom. The van der Waals surface area contributed by atoms with Gasteiger partial charge in [-0.1, -0.05) is 12.1 Å². The molecular formula is C16H19N5. The van der Waals surface area contributed by atoms with Gasteiger partial charge < -0.3 is 10.6 Å². The van der Waals surface area contributed by atoms with E-state index in [1.165, 1.54) is 5.56 Å². The molecule has 1 aromatic carbocycles. The van der Waals surface area contributed by atoms with Gasteiger partial charge >= 0.3 is 0 Å². The summed E-state index contributed by atoms with van der Waals surface area (Å²) in [4.78, 5) is 6.78. The highest BCUT2D eigenvalue weighted by Gasteiger charge is 2.12. The monoisotopic (exact) mass is 281 g/mol. The van der Waals surface area contributed by atoms with Gasteiger partial charge in [0.15, 0.2) is 5.82 Å². The van der Waals surface area contributed by atoms with E-state index in [0.29, 0.717) is 0 Å². The molecule has 0 bridgehead atoms. The molecule has 0 atom stereocenters. The minimum atomic E-state index is 0.786. The molecule has 0 aliphatic carbocycles. The smallest absolute Gasteiger partial charge is 0.154 e. The first-order valence-corrected chi connectivity index (χ1v) is 7.07. The highest BCUT2D eigenvalue weighted by atomic mass is 15.3. The summed E-state index contributed by atoms with van der Waals surface area (Å²) in [6, 6.07) is 10.0. The molecular weight excluding hydrogens is 262 g/mol. The third-order valence-electron chi connectivity index (χ3n) is 3.53. The number of nitrogens with zero attached hydrogens (tertiary/aromatic N) is 4. The first-order valence-electron chi connectivity index (χ1n) is 7.07. The standard InChI is InChI=1S/C16H19N5/c1-3-20(11-13-4-6-14(17)7-5-13)16-15-10-12(2)19-21(15)9-8-18-16/h4-10H,3,11,17H2,1-2H3. The average Bonchev–Trinajstić information content (AvgIpc) is 2.87. The van der Waals surface area contributed by atoms with E-state index in [1.54, 1.807) is 6.20 Å². The van der Waals surface area contributed by atoms with Crippen LogP contribution in [0.4, 0.5) is 11.5 Å². The summed E-state index contributed by atoms with van der Waals surface area (Å²) in [5, 5.41) is 4.44. The van der Waals surface area contributed by atoms with Gasteiger partial charge in [0.1, 0.15) is 5.52 Å². The Kier molecular flexibility index (Phi) is 3.48.